The zero-order valence-electron chi connectivity index (χ0n) is 20.8. The van der Waals surface area contributed by atoms with E-state index in [9.17, 15) is 40.2 Å². The molecule has 0 aliphatic carbocycles. The van der Waals surface area contributed by atoms with Gasteiger partial charge in [-0.1, -0.05) is 54.6 Å². The van der Waals surface area contributed by atoms with Crippen LogP contribution in [0.3, 0.4) is 0 Å². The van der Waals surface area contributed by atoms with Gasteiger partial charge in [0.2, 0.25) is 15.9 Å². The Hall–Kier alpha value is -3.75. The Morgan fingerprint density at radius 2 is 1.65 bits per heavy atom. The first kappa shape index (κ1) is 29.2. The minimum absolute atomic E-state index is 0.0195. The number of aliphatic hydroxyl groups is 1. The Balaban J connectivity index is 1.43. The molecule has 0 aromatic heterocycles. The summed E-state index contributed by atoms with van der Waals surface area (Å²) >= 11 is 0. The summed E-state index contributed by atoms with van der Waals surface area (Å²) in [6.45, 7) is -0.0195. The van der Waals surface area contributed by atoms with Crippen LogP contribution in [0.1, 0.15) is 34.6 Å². The third-order valence-electron chi connectivity index (χ3n) is 6.20. The molecule has 0 bridgehead atoms. The summed E-state index contributed by atoms with van der Waals surface area (Å²) in [5, 5.41) is 19.7. The largest absolute Gasteiger partial charge is 0.506 e. The van der Waals surface area contributed by atoms with E-state index in [1.807, 2.05) is 4.72 Å². The molecule has 0 saturated carbocycles. The summed E-state index contributed by atoms with van der Waals surface area (Å²) in [6.07, 6.45) is -3.17. The maximum Gasteiger partial charge on any atom is 0.416 e. The fourth-order valence-electron chi connectivity index (χ4n) is 4.41. The highest BCUT2D eigenvalue weighted by Gasteiger charge is 2.36. The van der Waals surface area contributed by atoms with Crippen molar-refractivity contribution in [3.63, 3.8) is 0 Å². The molecule has 9 nitrogen and oxygen atoms in total. The van der Waals surface area contributed by atoms with Crippen LogP contribution in [-0.4, -0.2) is 39.3 Å². The maximum atomic E-state index is 13.7. The molecule has 0 spiro atoms. The van der Waals surface area contributed by atoms with E-state index in [-0.39, 0.29) is 30.0 Å². The van der Waals surface area contributed by atoms with Crippen LogP contribution < -0.4 is 13.7 Å². The molecule has 0 radical (unpaired) electrons. The third kappa shape index (κ3) is 6.87. The molecule has 4 N–H and O–H groups in total. The van der Waals surface area contributed by atoms with Gasteiger partial charge in [0, 0.05) is 12.5 Å². The van der Waals surface area contributed by atoms with E-state index in [0.717, 1.165) is 12.3 Å². The van der Waals surface area contributed by atoms with Crippen molar-refractivity contribution in [2.45, 2.75) is 24.9 Å². The Morgan fingerprint density at radius 3 is 2.27 bits per heavy atom. The van der Waals surface area contributed by atoms with Crippen molar-refractivity contribution >= 4 is 25.9 Å². The lowest BCUT2D eigenvalue weighted by molar-refractivity contribution is -0.138. The molecular formula is C26H26F3N3O6S2. The van der Waals surface area contributed by atoms with E-state index in [1.165, 1.54) is 30.3 Å². The summed E-state index contributed by atoms with van der Waals surface area (Å²) in [7, 11) is -8.10. The van der Waals surface area contributed by atoms with Crippen LogP contribution in [0.15, 0.2) is 84.9 Å². The normalized spacial score (nSPS) is 15.9. The Labute approximate surface area is 229 Å². The number of rotatable bonds is 10. The van der Waals surface area contributed by atoms with Gasteiger partial charge in [-0.05, 0) is 47.7 Å². The molecule has 3 aromatic carbocycles. The number of halogens is 3. The van der Waals surface area contributed by atoms with Gasteiger partial charge in [-0.15, -0.1) is 0 Å². The summed E-state index contributed by atoms with van der Waals surface area (Å²) in [4.78, 5) is 0. The summed E-state index contributed by atoms with van der Waals surface area (Å²) in [5.74, 6) is -2.64. The van der Waals surface area contributed by atoms with Crippen molar-refractivity contribution < 1.29 is 40.2 Å². The van der Waals surface area contributed by atoms with E-state index in [0.29, 0.717) is 21.9 Å². The lowest BCUT2D eigenvalue weighted by Crippen LogP contribution is -2.31. The molecule has 0 saturated heterocycles. The van der Waals surface area contributed by atoms with Gasteiger partial charge in [-0.25, -0.2) is 22.2 Å². The standard InChI is InChI=1S/C26H26F3N3O6S2/c27-26(28,29)22-11-5-4-10-20(22)21(19-8-2-1-3-9-19)17-39(35,36)30-14-6-7-18-12-13-23(24(33)15-18)32-16-25(34)31-40(32,37)38/h1-5,8-13,15-16,21,30-31,33-34H,6-7,14,17H2. The first-order chi connectivity index (χ1) is 18.8. The van der Waals surface area contributed by atoms with E-state index in [2.05, 4.69) is 4.72 Å². The molecule has 14 heteroatoms. The van der Waals surface area contributed by atoms with Crippen LogP contribution in [-0.2, 0) is 32.8 Å². The molecular weight excluding hydrogens is 571 g/mol. The van der Waals surface area contributed by atoms with E-state index >= 15 is 0 Å². The highest BCUT2D eigenvalue weighted by molar-refractivity contribution is 7.91. The van der Waals surface area contributed by atoms with E-state index < -0.39 is 49.5 Å². The molecule has 3 aromatic rings. The number of anilines is 1. The van der Waals surface area contributed by atoms with Crippen molar-refractivity contribution in [1.82, 2.24) is 9.44 Å². The summed E-state index contributed by atoms with van der Waals surface area (Å²) in [6, 6.07) is 17.2. The number of hydrogen-bond acceptors (Lipinski definition) is 6. The summed E-state index contributed by atoms with van der Waals surface area (Å²) < 4.78 is 96.1. The van der Waals surface area contributed by atoms with Crippen LogP contribution in [0.25, 0.3) is 0 Å². The maximum absolute atomic E-state index is 13.7. The van der Waals surface area contributed by atoms with Gasteiger partial charge < -0.3 is 10.2 Å². The third-order valence-corrected chi connectivity index (χ3v) is 8.91. The van der Waals surface area contributed by atoms with Gasteiger partial charge in [0.25, 0.3) is 0 Å². The lowest BCUT2D eigenvalue weighted by atomic mass is 9.89. The smallest absolute Gasteiger partial charge is 0.416 e. The van der Waals surface area contributed by atoms with Gasteiger partial charge in [0.15, 0.2) is 0 Å². The molecule has 40 heavy (non-hydrogen) atoms. The number of aryl methyl sites for hydroxylation is 1. The number of aliphatic hydroxyl groups excluding tert-OH is 1. The van der Waals surface area contributed by atoms with Gasteiger partial charge in [-0.2, -0.15) is 21.6 Å². The van der Waals surface area contributed by atoms with Crippen molar-refractivity contribution in [3.05, 3.63) is 107 Å². The second-order valence-corrected chi connectivity index (χ2v) is 12.5. The number of sulfonamides is 1. The van der Waals surface area contributed by atoms with Crippen molar-refractivity contribution in [3.8, 4) is 5.75 Å². The fraction of sp³-hybridized carbons (Fsp3) is 0.231. The Bertz CT molecular complexity index is 1610. The number of aromatic hydroxyl groups is 1. The number of benzene rings is 3. The van der Waals surface area contributed by atoms with Gasteiger partial charge in [0.05, 0.1) is 17.5 Å². The minimum atomic E-state index is -4.66. The quantitative estimate of drug-likeness (QED) is 0.260. The van der Waals surface area contributed by atoms with Gasteiger partial charge in [-0.3, -0.25) is 0 Å². The number of nitrogens with zero attached hydrogens (tertiary/aromatic N) is 1. The molecule has 1 aliphatic heterocycles. The molecule has 1 heterocycles. The predicted molar refractivity (Wildman–Crippen MR) is 143 cm³/mol. The van der Waals surface area contributed by atoms with Crippen LogP contribution in [0.5, 0.6) is 5.75 Å². The fourth-order valence-corrected chi connectivity index (χ4v) is 6.86. The first-order valence-corrected chi connectivity index (χ1v) is 15.1. The molecule has 1 unspecified atom stereocenters. The Morgan fingerprint density at radius 1 is 0.975 bits per heavy atom. The molecule has 4 rings (SSSR count). The average Bonchev–Trinajstić information content (AvgIpc) is 3.16. The lowest BCUT2D eigenvalue weighted by Gasteiger charge is -2.22. The van der Waals surface area contributed by atoms with Crippen molar-refractivity contribution in [2.24, 2.45) is 0 Å². The number of nitrogens with one attached hydrogen (secondary N) is 2. The topological polar surface area (TPSA) is 136 Å². The first-order valence-electron chi connectivity index (χ1n) is 12.0. The summed E-state index contributed by atoms with van der Waals surface area (Å²) in [5.41, 5.74) is -0.115. The van der Waals surface area contributed by atoms with E-state index in [1.54, 1.807) is 36.4 Å². The zero-order valence-corrected chi connectivity index (χ0v) is 22.5. The molecule has 0 amide bonds. The van der Waals surface area contributed by atoms with Gasteiger partial charge in [0.1, 0.15) is 11.4 Å². The second kappa shape index (κ2) is 11.4. The SMILES string of the molecule is O=S(=O)(CC(c1ccccc1)c1ccccc1C(F)(F)F)NCCCc1ccc(N2C=C(O)NS2(=O)=O)c(O)c1. The molecule has 1 aliphatic rings. The number of alkyl halides is 3. The van der Waals surface area contributed by atoms with Crippen molar-refractivity contribution in [1.29, 1.82) is 0 Å². The molecule has 214 valence electrons. The zero-order chi connectivity index (χ0) is 29.1. The van der Waals surface area contributed by atoms with Gasteiger partial charge >= 0.3 is 16.4 Å². The number of hydrogen-bond donors (Lipinski definition) is 4. The predicted octanol–water partition coefficient (Wildman–Crippen LogP) is 4.11. The number of phenols is 1. The number of phenolic OH excluding ortho intramolecular Hbond substituents is 1. The second-order valence-electron chi connectivity index (χ2n) is 9.07. The van der Waals surface area contributed by atoms with Crippen molar-refractivity contribution in [2.75, 3.05) is 16.6 Å². The highest BCUT2D eigenvalue weighted by atomic mass is 32.2. The van der Waals surface area contributed by atoms with Crippen LogP contribution in [0.4, 0.5) is 18.9 Å². The van der Waals surface area contributed by atoms with Crippen LogP contribution in [0, 0.1) is 0 Å². The highest BCUT2D eigenvalue weighted by Crippen LogP contribution is 2.38. The molecule has 1 atom stereocenters. The van der Waals surface area contributed by atoms with Crippen LogP contribution >= 0.6 is 0 Å². The monoisotopic (exact) mass is 597 g/mol. The van der Waals surface area contributed by atoms with E-state index in [4.69, 9.17) is 0 Å². The molecule has 0 fully saturated rings. The Kier molecular flexibility index (Phi) is 8.33. The average molecular weight is 598 g/mol. The minimum Gasteiger partial charge on any atom is -0.506 e. The van der Waals surface area contributed by atoms with Crippen LogP contribution in [0.2, 0.25) is 0 Å².